The molecule has 21 heavy (non-hydrogen) atoms. The van der Waals surface area contributed by atoms with E-state index in [1.165, 1.54) is 9.75 Å². The normalized spacial score (nSPS) is 34.3. The first-order valence-corrected chi connectivity index (χ1v) is 9.58. The Balaban J connectivity index is 1.48. The molecule has 2 saturated carbocycles. The Bertz CT molecular complexity index is 530. The molecule has 2 fully saturated rings. The molecule has 0 radical (unpaired) electrons. The van der Waals surface area contributed by atoms with E-state index in [9.17, 15) is 9.90 Å². The van der Waals surface area contributed by atoms with E-state index in [4.69, 9.17) is 0 Å². The summed E-state index contributed by atoms with van der Waals surface area (Å²) < 4.78 is 0. The van der Waals surface area contributed by atoms with E-state index >= 15 is 0 Å². The number of thioether (sulfide) groups is 1. The zero-order chi connectivity index (χ0) is 15.0. The first kappa shape index (κ1) is 15.4. The van der Waals surface area contributed by atoms with Crippen molar-refractivity contribution < 1.29 is 9.90 Å². The highest BCUT2D eigenvalue weighted by Crippen LogP contribution is 2.50. The lowest BCUT2D eigenvalue weighted by Crippen LogP contribution is -2.57. The molecule has 3 nitrogen and oxygen atoms in total. The Kier molecular flexibility index (Phi) is 4.35. The lowest BCUT2D eigenvalue weighted by Gasteiger charge is -2.45. The van der Waals surface area contributed by atoms with Gasteiger partial charge in [0.25, 0.3) is 0 Å². The molecule has 1 amide bonds. The molecule has 5 heteroatoms. The quantitative estimate of drug-likeness (QED) is 0.845. The van der Waals surface area contributed by atoms with E-state index in [2.05, 4.69) is 31.3 Å². The Morgan fingerprint density at radius 1 is 1.57 bits per heavy atom. The van der Waals surface area contributed by atoms with Crippen LogP contribution in [-0.2, 0) is 4.79 Å². The van der Waals surface area contributed by atoms with E-state index in [0.29, 0.717) is 12.5 Å². The molecule has 1 aromatic rings. The van der Waals surface area contributed by atoms with Crippen LogP contribution in [0.2, 0.25) is 0 Å². The maximum absolute atomic E-state index is 12.2. The molecule has 1 aromatic heterocycles. The van der Waals surface area contributed by atoms with Crippen LogP contribution in [0.3, 0.4) is 0 Å². The van der Waals surface area contributed by atoms with Crippen molar-refractivity contribution in [3.05, 3.63) is 21.9 Å². The fourth-order valence-electron chi connectivity index (χ4n) is 3.06. The van der Waals surface area contributed by atoms with Crippen molar-refractivity contribution in [1.82, 2.24) is 5.32 Å². The molecule has 0 saturated heterocycles. The smallest absolute Gasteiger partial charge is 0.223 e. The fraction of sp³-hybridized carbons (Fsp3) is 0.688. The van der Waals surface area contributed by atoms with Gasteiger partial charge in [0.2, 0.25) is 5.91 Å². The van der Waals surface area contributed by atoms with Gasteiger partial charge in [-0.1, -0.05) is 6.92 Å². The minimum Gasteiger partial charge on any atom is -0.387 e. The Labute approximate surface area is 134 Å². The van der Waals surface area contributed by atoms with E-state index in [1.54, 1.807) is 23.1 Å². The Morgan fingerprint density at radius 2 is 2.38 bits per heavy atom. The lowest BCUT2D eigenvalue weighted by molar-refractivity contribution is -0.124. The highest BCUT2D eigenvalue weighted by atomic mass is 32.2. The second kappa shape index (κ2) is 5.94. The van der Waals surface area contributed by atoms with Crippen molar-refractivity contribution in [2.24, 2.45) is 5.92 Å². The molecule has 0 spiro atoms. The second-order valence-electron chi connectivity index (χ2n) is 6.20. The van der Waals surface area contributed by atoms with Gasteiger partial charge in [-0.25, -0.2) is 0 Å². The lowest BCUT2D eigenvalue weighted by atomic mass is 9.79. The van der Waals surface area contributed by atoms with Crippen molar-refractivity contribution in [1.29, 1.82) is 0 Å². The number of aliphatic hydroxyl groups is 1. The first-order chi connectivity index (χ1) is 10.0. The number of hydrogen-bond donors (Lipinski definition) is 2. The standard InChI is InChI=1S/C16H23NO2S2/c1-3-20-14-6-7-16(14,19)9-17-15(18)12-8-11(12)13-5-4-10(2)21-13/h4-5,11-12,14,19H,3,6-9H2,1-2H3,(H,17,18)/t11-,12+,14+,16-/m0/s1. The predicted octanol–water partition coefficient (Wildman–Crippen LogP) is 2.92. The van der Waals surface area contributed by atoms with Crippen molar-refractivity contribution in [3.63, 3.8) is 0 Å². The van der Waals surface area contributed by atoms with Gasteiger partial charge in [-0.15, -0.1) is 11.3 Å². The van der Waals surface area contributed by atoms with Gasteiger partial charge in [-0.3, -0.25) is 4.79 Å². The molecule has 0 bridgehead atoms. The second-order valence-corrected chi connectivity index (χ2v) is 9.00. The third-order valence-corrected chi connectivity index (χ3v) is 7.17. The summed E-state index contributed by atoms with van der Waals surface area (Å²) in [4.78, 5) is 14.9. The predicted molar refractivity (Wildman–Crippen MR) is 89.0 cm³/mol. The van der Waals surface area contributed by atoms with Gasteiger partial charge in [0.15, 0.2) is 0 Å². The van der Waals surface area contributed by atoms with Gasteiger partial charge in [-0.2, -0.15) is 11.8 Å². The molecule has 3 rings (SSSR count). The molecule has 0 unspecified atom stereocenters. The molecule has 4 atom stereocenters. The summed E-state index contributed by atoms with van der Waals surface area (Å²) in [6.07, 6.45) is 2.83. The van der Waals surface area contributed by atoms with Crippen LogP contribution in [0.1, 0.15) is 41.9 Å². The van der Waals surface area contributed by atoms with E-state index in [1.807, 2.05) is 0 Å². The Morgan fingerprint density at radius 3 is 2.95 bits per heavy atom. The minimum atomic E-state index is -0.680. The van der Waals surface area contributed by atoms with E-state index in [-0.39, 0.29) is 17.1 Å². The minimum absolute atomic E-state index is 0.115. The summed E-state index contributed by atoms with van der Waals surface area (Å²) in [6.45, 7) is 4.62. The maximum Gasteiger partial charge on any atom is 0.223 e. The number of amides is 1. The van der Waals surface area contributed by atoms with Crippen LogP contribution < -0.4 is 5.32 Å². The Hall–Kier alpha value is -0.520. The summed E-state index contributed by atoms with van der Waals surface area (Å²) in [5, 5.41) is 13.8. The third-order valence-electron chi connectivity index (χ3n) is 4.63. The summed E-state index contributed by atoms with van der Waals surface area (Å²) in [7, 11) is 0. The summed E-state index contributed by atoms with van der Waals surface area (Å²) >= 11 is 3.59. The van der Waals surface area contributed by atoms with Gasteiger partial charge < -0.3 is 10.4 Å². The van der Waals surface area contributed by atoms with Crippen LogP contribution in [0.4, 0.5) is 0 Å². The highest BCUT2D eigenvalue weighted by Gasteiger charge is 2.48. The average molecular weight is 325 g/mol. The fourth-order valence-corrected chi connectivity index (χ4v) is 5.31. The number of nitrogens with one attached hydrogen (secondary N) is 1. The molecular formula is C16H23NO2S2. The number of hydrogen-bond acceptors (Lipinski definition) is 4. The van der Waals surface area contributed by atoms with Crippen LogP contribution in [0.25, 0.3) is 0 Å². The van der Waals surface area contributed by atoms with Crippen molar-refractivity contribution in [2.45, 2.75) is 49.9 Å². The summed E-state index contributed by atoms with van der Waals surface area (Å²) in [5.41, 5.74) is -0.680. The van der Waals surface area contributed by atoms with Gasteiger partial charge in [0.1, 0.15) is 0 Å². The number of rotatable bonds is 6. The van der Waals surface area contributed by atoms with Crippen molar-refractivity contribution >= 4 is 29.0 Å². The number of thiophene rings is 1. The average Bonchev–Trinajstić information content (AvgIpc) is 3.15. The van der Waals surface area contributed by atoms with Gasteiger partial charge in [0, 0.05) is 33.4 Å². The van der Waals surface area contributed by atoms with Crippen LogP contribution in [0.5, 0.6) is 0 Å². The number of carbonyl (C=O) groups is 1. The first-order valence-electron chi connectivity index (χ1n) is 7.71. The third kappa shape index (κ3) is 3.15. The topological polar surface area (TPSA) is 49.3 Å². The van der Waals surface area contributed by atoms with Crippen LogP contribution >= 0.6 is 23.1 Å². The number of aryl methyl sites for hydroxylation is 1. The van der Waals surface area contributed by atoms with Crippen LogP contribution in [0.15, 0.2) is 12.1 Å². The zero-order valence-corrected chi connectivity index (χ0v) is 14.2. The van der Waals surface area contributed by atoms with Crippen molar-refractivity contribution in [2.75, 3.05) is 12.3 Å². The van der Waals surface area contributed by atoms with Crippen LogP contribution in [-0.4, -0.2) is 34.2 Å². The van der Waals surface area contributed by atoms with Gasteiger partial charge in [0.05, 0.1) is 5.60 Å². The van der Waals surface area contributed by atoms with Gasteiger partial charge in [-0.05, 0) is 44.1 Å². The van der Waals surface area contributed by atoms with E-state index < -0.39 is 5.60 Å². The zero-order valence-electron chi connectivity index (χ0n) is 12.6. The van der Waals surface area contributed by atoms with Crippen molar-refractivity contribution in [3.8, 4) is 0 Å². The molecule has 2 N–H and O–H groups in total. The van der Waals surface area contributed by atoms with Gasteiger partial charge >= 0.3 is 0 Å². The molecule has 2 aliphatic rings. The highest BCUT2D eigenvalue weighted by molar-refractivity contribution is 8.00. The SMILES string of the molecule is CCS[C@@H]1CC[C@]1(O)CNC(=O)[C@@H]1C[C@@H]1c1ccc(C)s1. The summed E-state index contributed by atoms with van der Waals surface area (Å²) in [5.74, 6) is 1.65. The molecular weight excluding hydrogens is 302 g/mol. The monoisotopic (exact) mass is 325 g/mol. The summed E-state index contributed by atoms with van der Waals surface area (Å²) in [6, 6.07) is 4.27. The molecule has 0 aliphatic heterocycles. The molecule has 1 heterocycles. The molecule has 0 aromatic carbocycles. The van der Waals surface area contributed by atoms with E-state index in [0.717, 1.165) is 25.0 Å². The molecule has 2 aliphatic carbocycles. The van der Waals surface area contributed by atoms with Crippen LogP contribution in [0, 0.1) is 12.8 Å². The largest absolute Gasteiger partial charge is 0.387 e. The maximum atomic E-state index is 12.2. The molecule has 116 valence electrons. The number of carbonyl (C=O) groups excluding carboxylic acids is 1.